The van der Waals surface area contributed by atoms with Gasteiger partial charge in [-0.15, -0.1) is 0 Å². The zero-order valence-corrected chi connectivity index (χ0v) is 30.1. The second kappa shape index (κ2) is 14.8. The molecule has 16 heteroatoms. The second-order valence-electron chi connectivity index (χ2n) is 12.4. The number of pyridine rings is 2. The average Bonchev–Trinajstić information content (AvgIpc) is 3.13. The number of anilines is 1. The minimum atomic E-state index is -4.30. The van der Waals surface area contributed by atoms with Crippen LogP contribution in [-0.4, -0.2) is 52.5 Å². The molecule has 6 aromatic rings. The van der Waals surface area contributed by atoms with E-state index in [0.29, 0.717) is 23.2 Å². The van der Waals surface area contributed by atoms with Gasteiger partial charge in [0, 0.05) is 31.1 Å². The van der Waals surface area contributed by atoms with Crippen LogP contribution in [0.5, 0.6) is 0 Å². The van der Waals surface area contributed by atoms with Crippen LogP contribution in [0.1, 0.15) is 27.3 Å². The molecule has 3 aromatic heterocycles. The number of hydrogen-bond donors (Lipinski definition) is 2. The van der Waals surface area contributed by atoms with Crippen molar-refractivity contribution in [2.45, 2.75) is 31.2 Å². The van der Waals surface area contributed by atoms with Crippen molar-refractivity contribution in [2.75, 3.05) is 11.8 Å². The summed E-state index contributed by atoms with van der Waals surface area (Å²) in [6.07, 6.45) is 2.64. The van der Waals surface area contributed by atoms with E-state index in [2.05, 4.69) is 20.0 Å². The molecule has 0 bridgehead atoms. The van der Waals surface area contributed by atoms with Crippen LogP contribution in [0.15, 0.2) is 106 Å². The van der Waals surface area contributed by atoms with E-state index in [1.54, 1.807) is 12.1 Å². The molecule has 13 nitrogen and oxygen atoms in total. The number of fused-ring (bicyclic) bond motifs is 1. The summed E-state index contributed by atoms with van der Waals surface area (Å²) in [4.78, 5) is 60.1. The minimum Gasteiger partial charge on any atom is -0.467 e. The third kappa shape index (κ3) is 7.50. The lowest BCUT2D eigenvalue weighted by Crippen LogP contribution is -2.43. The fourth-order valence-corrected chi connectivity index (χ4v) is 7.04. The van der Waals surface area contributed by atoms with Crippen molar-refractivity contribution in [1.29, 1.82) is 0 Å². The number of benzene rings is 3. The number of amides is 1. The number of nitrogens with one attached hydrogen (secondary N) is 2. The maximum atomic E-state index is 15.3. The molecule has 0 fully saturated rings. The summed E-state index contributed by atoms with van der Waals surface area (Å²) in [5.41, 5.74) is 1.47. The molecule has 0 aliphatic heterocycles. The summed E-state index contributed by atoms with van der Waals surface area (Å²) >= 11 is 0. The molecular weight excluding hydrogens is 723 g/mol. The largest absolute Gasteiger partial charge is 0.467 e. The maximum Gasteiger partial charge on any atom is 0.335 e. The fourth-order valence-electron chi connectivity index (χ4n) is 6.00. The van der Waals surface area contributed by atoms with Gasteiger partial charge in [-0.05, 0) is 85.1 Å². The number of methoxy groups -OCH3 is 1. The Morgan fingerprint density at radius 1 is 0.889 bits per heavy atom. The average molecular weight is 755 g/mol. The highest BCUT2D eigenvalue weighted by molar-refractivity contribution is 7.92. The van der Waals surface area contributed by atoms with Crippen LogP contribution in [0.25, 0.3) is 27.7 Å². The fraction of sp³-hybridized carbons (Fsp3) is 0.158. The summed E-state index contributed by atoms with van der Waals surface area (Å²) in [6.45, 7) is 3.68. The van der Waals surface area contributed by atoms with E-state index in [4.69, 9.17) is 4.74 Å². The van der Waals surface area contributed by atoms with Crippen molar-refractivity contribution in [3.63, 3.8) is 0 Å². The van der Waals surface area contributed by atoms with Gasteiger partial charge in [0.15, 0.2) is 0 Å². The highest BCUT2D eigenvalue weighted by Crippen LogP contribution is 2.26. The second-order valence-corrected chi connectivity index (χ2v) is 14.1. The Labute approximate surface area is 307 Å². The molecule has 1 atom stereocenters. The van der Waals surface area contributed by atoms with Crippen LogP contribution >= 0.6 is 0 Å². The third-order valence-electron chi connectivity index (χ3n) is 8.60. The van der Waals surface area contributed by atoms with E-state index in [1.165, 1.54) is 66.5 Å². The Morgan fingerprint density at radius 2 is 1.52 bits per heavy atom. The van der Waals surface area contributed by atoms with E-state index in [1.807, 2.05) is 26.0 Å². The molecule has 0 aliphatic rings. The van der Waals surface area contributed by atoms with Gasteiger partial charge >= 0.3 is 11.7 Å². The van der Waals surface area contributed by atoms with Gasteiger partial charge in [-0.2, -0.15) is 0 Å². The molecule has 1 amide bonds. The van der Waals surface area contributed by atoms with Crippen molar-refractivity contribution in [3.05, 3.63) is 146 Å². The number of aryl methyl sites for hydroxylation is 3. The summed E-state index contributed by atoms with van der Waals surface area (Å²) in [7, 11) is -1.73. The standard InChI is InChI=1S/C38H32F2N6O7S/c1-21-15-25(16-22(2)42-21)24-7-11-28(12-8-24)54(51,52)44-26-18-30(39)34(31(40)19-26)35(47)43-32(37(49)53-4)17-23-5-9-27(10-6-23)46-36(48)29-13-14-41-20-33(29)45(3)38(46)50/h5-16,18-20,32,44H,17H2,1-4H3,(H,43,47)/t32-/m0/s1. The zero-order valence-electron chi connectivity index (χ0n) is 29.3. The van der Waals surface area contributed by atoms with Gasteiger partial charge in [-0.1, -0.05) is 24.3 Å². The van der Waals surface area contributed by atoms with E-state index >= 15 is 8.78 Å². The van der Waals surface area contributed by atoms with Crippen LogP contribution in [0.2, 0.25) is 0 Å². The number of hydrogen-bond acceptors (Lipinski definition) is 9. The Hall–Kier alpha value is -6.55. The third-order valence-corrected chi connectivity index (χ3v) is 10.00. The van der Waals surface area contributed by atoms with Gasteiger partial charge in [0.2, 0.25) is 0 Å². The first-order valence-corrected chi connectivity index (χ1v) is 17.8. The Bertz CT molecular complexity index is 2640. The topological polar surface area (TPSA) is 171 Å². The van der Waals surface area contributed by atoms with Crippen LogP contribution in [0, 0.1) is 25.5 Å². The van der Waals surface area contributed by atoms with Crippen molar-refractivity contribution in [2.24, 2.45) is 7.05 Å². The monoisotopic (exact) mass is 754 g/mol. The highest BCUT2D eigenvalue weighted by Gasteiger charge is 2.27. The van der Waals surface area contributed by atoms with Gasteiger partial charge in [0.25, 0.3) is 21.5 Å². The maximum absolute atomic E-state index is 15.3. The number of ether oxygens (including phenoxy) is 1. The summed E-state index contributed by atoms with van der Waals surface area (Å²) in [6, 6.07) is 16.9. The molecule has 3 heterocycles. The van der Waals surface area contributed by atoms with Gasteiger partial charge < -0.3 is 10.1 Å². The van der Waals surface area contributed by atoms with E-state index < -0.39 is 62.1 Å². The summed E-state index contributed by atoms with van der Waals surface area (Å²) in [5.74, 6) is -5.01. The number of sulfonamides is 1. The van der Waals surface area contributed by atoms with Crippen LogP contribution < -0.4 is 21.3 Å². The first-order valence-electron chi connectivity index (χ1n) is 16.3. The molecule has 2 N–H and O–H groups in total. The van der Waals surface area contributed by atoms with Crippen molar-refractivity contribution in [3.8, 4) is 16.8 Å². The number of carbonyl (C=O) groups is 2. The quantitative estimate of drug-likeness (QED) is 0.193. The molecule has 0 unspecified atom stereocenters. The van der Waals surface area contributed by atoms with Crippen molar-refractivity contribution >= 4 is 38.5 Å². The SMILES string of the molecule is COC(=O)[C@H](Cc1ccc(-n2c(=O)c3ccncc3n(C)c2=O)cc1)NC(=O)c1c(F)cc(NS(=O)(=O)c2ccc(-c3cc(C)nc(C)c3)cc2)cc1F. The molecule has 6 rings (SSSR count). The lowest BCUT2D eigenvalue weighted by atomic mass is 10.0. The number of esters is 1. The highest BCUT2D eigenvalue weighted by atomic mass is 32.2. The molecule has 0 aliphatic carbocycles. The Balaban J connectivity index is 1.18. The van der Waals surface area contributed by atoms with Gasteiger partial charge in [0.1, 0.15) is 23.2 Å². The van der Waals surface area contributed by atoms with Gasteiger partial charge in [0.05, 0.1) is 40.5 Å². The Morgan fingerprint density at radius 3 is 2.13 bits per heavy atom. The van der Waals surface area contributed by atoms with Gasteiger partial charge in [-0.25, -0.2) is 31.4 Å². The molecule has 276 valence electrons. The minimum absolute atomic E-state index is 0.172. The Kier molecular flexibility index (Phi) is 10.2. The lowest BCUT2D eigenvalue weighted by Gasteiger charge is -2.18. The van der Waals surface area contributed by atoms with Crippen molar-refractivity contribution < 1.29 is 31.5 Å². The first kappa shape index (κ1) is 37.2. The van der Waals surface area contributed by atoms with Crippen LogP contribution in [-0.2, 0) is 33.0 Å². The van der Waals surface area contributed by atoms with Crippen molar-refractivity contribution in [1.82, 2.24) is 24.4 Å². The number of nitrogens with zero attached hydrogens (tertiary/aromatic N) is 4. The number of rotatable bonds is 10. The number of carbonyl (C=O) groups excluding carboxylic acids is 2. The smallest absolute Gasteiger partial charge is 0.335 e. The normalized spacial score (nSPS) is 12.0. The van der Waals surface area contributed by atoms with E-state index in [9.17, 15) is 27.6 Å². The molecule has 0 saturated heterocycles. The summed E-state index contributed by atoms with van der Waals surface area (Å²) < 4.78 is 66.0. The molecular formula is C38H32F2N6O7S. The molecule has 3 aromatic carbocycles. The van der Waals surface area contributed by atoms with Crippen LogP contribution in [0.3, 0.4) is 0 Å². The molecule has 0 radical (unpaired) electrons. The van der Waals surface area contributed by atoms with E-state index in [-0.39, 0.29) is 22.4 Å². The zero-order chi connectivity index (χ0) is 38.9. The molecule has 54 heavy (non-hydrogen) atoms. The van der Waals surface area contributed by atoms with Gasteiger partial charge in [-0.3, -0.25) is 28.8 Å². The predicted molar refractivity (Wildman–Crippen MR) is 196 cm³/mol. The van der Waals surface area contributed by atoms with Crippen LogP contribution in [0.4, 0.5) is 14.5 Å². The molecule has 0 spiro atoms. The number of halogens is 2. The lowest BCUT2D eigenvalue weighted by molar-refractivity contribution is -0.142. The number of aromatic nitrogens is 4. The summed E-state index contributed by atoms with van der Waals surface area (Å²) in [5, 5.41) is 2.55. The first-order chi connectivity index (χ1) is 25.7. The predicted octanol–water partition coefficient (Wildman–Crippen LogP) is 4.36. The van der Waals surface area contributed by atoms with E-state index in [0.717, 1.165) is 34.2 Å². The molecule has 0 saturated carbocycles.